The van der Waals surface area contributed by atoms with Gasteiger partial charge in [-0.05, 0) is 6.92 Å². The van der Waals surface area contributed by atoms with Crippen LogP contribution in [-0.2, 0) is 14.9 Å². The highest BCUT2D eigenvalue weighted by atomic mass is 32.2. The zero-order valence-electron chi connectivity index (χ0n) is 9.11. The van der Waals surface area contributed by atoms with Crippen molar-refractivity contribution in [2.24, 2.45) is 0 Å². The molecule has 0 aliphatic carbocycles. The molecule has 1 aliphatic rings. The van der Waals surface area contributed by atoms with Gasteiger partial charge in [-0.15, -0.1) is 0 Å². The maximum atomic E-state index is 10.7. The van der Waals surface area contributed by atoms with E-state index in [0.717, 1.165) is 19.7 Å². The van der Waals surface area contributed by atoms with Crippen LogP contribution >= 0.6 is 0 Å². The van der Waals surface area contributed by atoms with Gasteiger partial charge in [0.1, 0.15) is 12.6 Å². The van der Waals surface area contributed by atoms with Gasteiger partial charge in [0.25, 0.3) is 0 Å². The second kappa shape index (κ2) is 6.94. The summed E-state index contributed by atoms with van der Waals surface area (Å²) in [7, 11) is -6.09. The lowest BCUT2D eigenvalue weighted by molar-refractivity contribution is -0.675. The first kappa shape index (κ1) is 16.4. The van der Waals surface area contributed by atoms with E-state index in [-0.39, 0.29) is 0 Å². The van der Waals surface area contributed by atoms with Crippen LogP contribution in [0.2, 0.25) is 0 Å². The molecule has 0 aromatic rings. The molecule has 0 radical (unpaired) electrons. The average molecular weight is 277 g/mol. The Morgan fingerprint density at radius 1 is 1.47 bits per heavy atom. The van der Waals surface area contributed by atoms with Gasteiger partial charge in [-0.25, -0.2) is 8.42 Å². The average Bonchev–Trinajstić information content (AvgIpc) is 2.17. The molecule has 1 fully saturated rings. The maximum absolute atomic E-state index is 10.7. The van der Waals surface area contributed by atoms with E-state index in [1.165, 1.54) is 0 Å². The number of halogens is 3. The molecular formula is C8H14F3NO4S. The third-order valence-corrected chi connectivity index (χ3v) is 2.31. The van der Waals surface area contributed by atoms with Crippen LogP contribution in [0.3, 0.4) is 0 Å². The molecule has 0 aromatic carbocycles. The minimum absolute atomic E-state index is 0.365. The lowest BCUT2D eigenvalue weighted by atomic mass is 10.3. The first-order valence-corrected chi connectivity index (χ1v) is 6.17. The Morgan fingerprint density at radius 3 is 2.29 bits per heavy atom. The van der Waals surface area contributed by atoms with Crippen molar-refractivity contribution in [1.82, 2.24) is 0 Å². The first-order chi connectivity index (χ1) is 7.68. The lowest BCUT2D eigenvalue weighted by Crippen LogP contribution is -2.89. The summed E-state index contributed by atoms with van der Waals surface area (Å²) in [5.41, 5.74) is -5.65. The maximum Gasteiger partial charge on any atom is 0.485 e. The number of quaternary nitrogens is 1. The first-order valence-electron chi connectivity index (χ1n) is 4.76. The van der Waals surface area contributed by atoms with Crippen LogP contribution in [0, 0.1) is 0 Å². The highest BCUT2D eigenvalue weighted by Gasteiger charge is 2.36. The predicted octanol–water partition coefficient (Wildman–Crippen LogP) is -0.424. The molecule has 0 saturated carbocycles. The molecule has 1 heterocycles. The number of rotatable bonds is 1. The summed E-state index contributed by atoms with van der Waals surface area (Å²) in [6.45, 7) is 5.13. The molecule has 1 unspecified atom stereocenters. The van der Waals surface area contributed by atoms with Crippen LogP contribution in [0.4, 0.5) is 13.2 Å². The number of alkyl halides is 3. The Morgan fingerprint density at radius 2 is 2.00 bits per heavy atom. The third kappa shape index (κ3) is 7.31. The van der Waals surface area contributed by atoms with Crippen molar-refractivity contribution in [2.45, 2.75) is 18.5 Å². The van der Waals surface area contributed by atoms with Crippen LogP contribution in [0.25, 0.3) is 0 Å². The van der Waals surface area contributed by atoms with E-state index in [1.807, 2.05) is 13.0 Å². The highest BCUT2D eigenvalue weighted by Crippen LogP contribution is 2.20. The summed E-state index contributed by atoms with van der Waals surface area (Å²) in [6, 6.07) is 0. The monoisotopic (exact) mass is 277 g/mol. The number of hydrogen-bond donors (Lipinski definition) is 1. The molecule has 1 atom stereocenters. The Hall–Kier alpha value is -0.640. The van der Waals surface area contributed by atoms with Gasteiger partial charge in [-0.2, -0.15) is 13.2 Å². The van der Waals surface area contributed by atoms with Crippen LogP contribution in [0.1, 0.15) is 6.92 Å². The van der Waals surface area contributed by atoms with Crippen molar-refractivity contribution in [2.75, 3.05) is 19.7 Å². The predicted molar refractivity (Wildman–Crippen MR) is 52.0 cm³/mol. The fourth-order valence-corrected chi connectivity index (χ4v) is 1.00. The van der Waals surface area contributed by atoms with Gasteiger partial charge < -0.3 is 14.6 Å². The topological polar surface area (TPSA) is 83.0 Å². The zero-order valence-corrected chi connectivity index (χ0v) is 9.92. The van der Waals surface area contributed by atoms with Crippen molar-refractivity contribution in [3.05, 3.63) is 12.2 Å². The number of hydrogen-bond acceptors (Lipinski definition) is 4. The molecule has 0 aromatic heterocycles. The standard InChI is InChI=1S/C7H13NO.CHF3O3S/c1-2-3-7-6-8-4-5-9-7;2-1(3,4)8(5,6)7/h2-3,7-8H,4-6H2,1H3;(H,5,6,7)/b3-2+;. The molecule has 9 heteroatoms. The molecule has 0 amide bonds. The zero-order chi connectivity index (χ0) is 13.5. The van der Waals surface area contributed by atoms with Gasteiger partial charge in [0, 0.05) is 0 Å². The second-order valence-electron chi connectivity index (χ2n) is 3.15. The molecule has 2 N–H and O–H groups in total. The summed E-state index contributed by atoms with van der Waals surface area (Å²) in [5.74, 6) is 0. The number of allylic oxidation sites excluding steroid dienone is 1. The molecule has 0 bridgehead atoms. The smallest absolute Gasteiger partial charge is 0.485 e. The van der Waals surface area contributed by atoms with Crippen molar-refractivity contribution >= 4 is 10.1 Å². The number of nitrogens with two attached hydrogens (primary N) is 1. The fourth-order valence-electron chi connectivity index (χ4n) is 1.00. The van der Waals surface area contributed by atoms with E-state index >= 15 is 0 Å². The minimum atomic E-state index is -6.09. The van der Waals surface area contributed by atoms with E-state index in [4.69, 9.17) is 17.7 Å². The SMILES string of the molecule is C/C=C/C1C[NH2+]CCO1.O=S(=O)([O-])C(F)(F)F. The third-order valence-electron chi connectivity index (χ3n) is 1.74. The quantitative estimate of drug-likeness (QED) is 0.401. The highest BCUT2D eigenvalue weighted by molar-refractivity contribution is 7.86. The lowest BCUT2D eigenvalue weighted by Gasteiger charge is -2.17. The molecule has 1 aliphatic heterocycles. The van der Waals surface area contributed by atoms with Gasteiger partial charge in [-0.1, -0.05) is 12.2 Å². The Labute approximate surface area is 97.4 Å². The van der Waals surface area contributed by atoms with Crippen molar-refractivity contribution in [1.29, 1.82) is 0 Å². The molecular weight excluding hydrogens is 263 g/mol. The summed E-state index contributed by atoms with van der Waals surface area (Å²) in [6.07, 6.45) is 4.52. The van der Waals surface area contributed by atoms with Crippen molar-refractivity contribution in [3.8, 4) is 0 Å². The van der Waals surface area contributed by atoms with E-state index < -0.39 is 15.6 Å². The second-order valence-corrected chi connectivity index (χ2v) is 4.52. The van der Waals surface area contributed by atoms with Gasteiger partial charge >= 0.3 is 5.51 Å². The van der Waals surface area contributed by atoms with Gasteiger partial charge in [-0.3, -0.25) is 0 Å². The van der Waals surface area contributed by atoms with E-state index in [1.54, 1.807) is 0 Å². The molecule has 0 spiro atoms. The molecule has 102 valence electrons. The van der Waals surface area contributed by atoms with Crippen LogP contribution in [-0.4, -0.2) is 44.3 Å². The molecule has 17 heavy (non-hydrogen) atoms. The van der Waals surface area contributed by atoms with Crippen LogP contribution in [0.5, 0.6) is 0 Å². The summed E-state index contributed by atoms with van der Waals surface area (Å²) >= 11 is 0. The van der Waals surface area contributed by atoms with E-state index in [0.29, 0.717) is 6.10 Å². The summed E-state index contributed by atoms with van der Waals surface area (Å²) in [4.78, 5) is 0. The fraction of sp³-hybridized carbons (Fsp3) is 0.750. The summed E-state index contributed by atoms with van der Waals surface area (Å²) < 4.78 is 64.3. The van der Waals surface area contributed by atoms with Crippen molar-refractivity contribution < 1.29 is 36.2 Å². The molecule has 1 rings (SSSR count). The summed E-state index contributed by atoms with van der Waals surface area (Å²) in [5, 5.41) is 2.29. The van der Waals surface area contributed by atoms with Crippen LogP contribution in [0.15, 0.2) is 12.2 Å². The number of ether oxygens (including phenoxy) is 1. The van der Waals surface area contributed by atoms with E-state index in [9.17, 15) is 13.2 Å². The number of morpholine rings is 1. The van der Waals surface area contributed by atoms with Gasteiger partial charge in [0.2, 0.25) is 0 Å². The Bertz CT molecular complexity index is 333. The molecule has 5 nitrogen and oxygen atoms in total. The normalized spacial score (nSPS) is 22.1. The largest absolute Gasteiger partial charge is 0.741 e. The minimum Gasteiger partial charge on any atom is -0.741 e. The Kier molecular flexibility index (Phi) is 6.68. The van der Waals surface area contributed by atoms with Gasteiger partial charge in [0.05, 0.1) is 13.2 Å². The van der Waals surface area contributed by atoms with Gasteiger partial charge in [0.15, 0.2) is 10.1 Å². The Balaban J connectivity index is 0.000000304. The van der Waals surface area contributed by atoms with Crippen molar-refractivity contribution in [3.63, 3.8) is 0 Å². The van der Waals surface area contributed by atoms with Crippen LogP contribution < -0.4 is 5.32 Å². The van der Waals surface area contributed by atoms with E-state index in [2.05, 4.69) is 11.4 Å². The molecule has 1 saturated heterocycles.